The summed E-state index contributed by atoms with van der Waals surface area (Å²) < 4.78 is 50.5. The zero-order chi connectivity index (χ0) is 33.3. The SMILES string of the molecule is [2H]C([2H])([2H])c1ccc(-c2[c-]ccc3c2oc2nc(-c4c(C)cccc4C)ccc23)nc1.[2H]C([2H])([2H])c1ccc(-c2[c-]cccc2)nc1.[Ir]. The van der Waals surface area contributed by atoms with Gasteiger partial charge in [0.2, 0.25) is 5.71 Å². The molecule has 0 N–H and O–H groups in total. The molecule has 0 aliphatic carbocycles. The molecular weight excluding hydrogens is 695 g/mol. The number of aromatic nitrogens is 3. The van der Waals surface area contributed by atoms with Crippen molar-refractivity contribution in [3.8, 4) is 33.8 Å². The Bertz CT molecular complexity index is 2160. The number of fused-ring (bicyclic) bond motifs is 3. The molecule has 0 saturated carbocycles. The Balaban J connectivity index is 0.000000224. The van der Waals surface area contributed by atoms with Crippen LogP contribution in [-0.4, -0.2) is 15.0 Å². The van der Waals surface area contributed by atoms with Crippen molar-refractivity contribution in [1.29, 1.82) is 0 Å². The van der Waals surface area contributed by atoms with Crippen molar-refractivity contribution in [2.24, 2.45) is 0 Å². The van der Waals surface area contributed by atoms with Gasteiger partial charge in [-0.15, -0.1) is 54.1 Å². The van der Waals surface area contributed by atoms with E-state index in [-0.39, 0.29) is 31.2 Å². The first-order valence-corrected chi connectivity index (χ1v) is 13.1. The molecule has 0 saturated heterocycles. The van der Waals surface area contributed by atoms with E-state index in [4.69, 9.17) is 17.6 Å². The van der Waals surface area contributed by atoms with Crippen molar-refractivity contribution < 1.29 is 32.7 Å². The van der Waals surface area contributed by atoms with Crippen LogP contribution in [0.5, 0.6) is 0 Å². The summed E-state index contributed by atoms with van der Waals surface area (Å²) in [6, 6.07) is 34.2. The van der Waals surface area contributed by atoms with Crippen LogP contribution in [0, 0.1) is 39.7 Å². The zero-order valence-corrected chi connectivity index (χ0v) is 25.3. The van der Waals surface area contributed by atoms with Gasteiger partial charge in [0.15, 0.2) is 0 Å². The molecule has 1 radical (unpaired) electrons. The number of nitrogens with zero attached hydrogens (tertiary/aromatic N) is 3. The van der Waals surface area contributed by atoms with Gasteiger partial charge in [-0.1, -0.05) is 53.4 Å². The van der Waals surface area contributed by atoms with Gasteiger partial charge in [-0.25, -0.2) is 4.98 Å². The molecule has 7 aromatic rings. The van der Waals surface area contributed by atoms with Gasteiger partial charge in [-0.3, -0.25) is 0 Å². The summed E-state index contributed by atoms with van der Waals surface area (Å²) in [5.41, 5.74) is 8.83. The van der Waals surface area contributed by atoms with E-state index >= 15 is 0 Å². The maximum absolute atomic E-state index is 7.53. The minimum Gasteiger partial charge on any atom is -0.486 e. The van der Waals surface area contributed by atoms with Gasteiger partial charge < -0.3 is 14.4 Å². The number of benzene rings is 3. The zero-order valence-electron chi connectivity index (χ0n) is 28.9. The van der Waals surface area contributed by atoms with E-state index in [1.807, 2.05) is 48.5 Å². The van der Waals surface area contributed by atoms with Crippen LogP contribution in [0.1, 0.15) is 30.5 Å². The van der Waals surface area contributed by atoms with Gasteiger partial charge in [-0.2, -0.15) is 0 Å². The van der Waals surface area contributed by atoms with Crippen LogP contribution in [0.15, 0.2) is 108 Å². The summed E-state index contributed by atoms with van der Waals surface area (Å²) in [4.78, 5) is 13.3. The van der Waals surface area contributed by atoms with Crippen LogP contribution < -0.4 is 0 Å². The topological polar surface area (TPSA) is 51.8 Å². The number of hydrogen-bond acceptors (Lipinski definition) is 4. The number of hydrogen-bond donors (Lipinski definition) is 0. The normalized spacial score (nSPS) is 13.4. The smallest absolute Gasteiger partial charge is 0.216 e. The fraction of sp³-hybridized carbons (Fsp3) is 0.108. The Kier molecular flexibility index (Phi) is 6.66. The molecule has 0 aliphatic rings. The van der Waals surface area contributed by atoms with E-state index in [1.165, 1.54) is 12.4 Å². The largest absolute Gasteiger partial charge is 0.486 e. The number of pyridine rings is 3. The molecule has 3 aromatic carbocycles. The summed E-state index contributed by atoms with van der Waals surface area (Å²) in [6.45, 7) is -0.121. The fourth-order valence-corrected chi connectivity index (χ4v) is 4.82. The van der Waals surface area contributed by atoms with Crippen molar-refractivity contribution in [1.82, 2.24) is 15.0 Å². The molecule has 7 rings (SSSR count). The standard InChI is InChI=1S/C25H19N2O.C12H10N.Ir/c1-15-10-12-21(26-14-15)20-9-5-8-18-19-11-13-22(27-25(19)28-24(18)20)23-16(2)6-4-7-17(23)3;1-10-7-8-12(13-9-10)11-5-3-2-4-6-11;/h4-8,10-14H,1-3H3;2-5,7-9H,1H3;/q2*-1;/i2*1D3;. The molecular formula is C37H29IrN3O-2. The Morgan fingerprint density at radius 1 is 0.667 bits per heavy atom. The van der Waals surface area contributed by atoms with Gasteiger partial charge in [0.1, 0.15) is 0 Å². The second kappa shape index (κ2) is 12.6. The molecule has 4 nitrogen and oxygen atoms in total. The Morgan fingerprint density at radius 2 is 1.38 bits per heavy atom. The van der Waals surface area contributed by atoms with Crippen molar-refractivity contribution in [3.63, 3.8) is 0 Å². The minimum absolute atomic E-state index is 0. The Morgan fingerprint density at radius 3 is 2.02 bits per heavy atom. The monoisotopic (exact) mass is 730 g/mol. The van der Waals surface area contributed by atoms with Gasteiger partial charge >= 0.3 is 0 Å². The van der Waals surface area contributed by atoms with Crippen molar-refractivity contribution in [2.75, 3.05) is 0 Å². The quantitative estimate of drug-likeness (QED) is 0.170. The van der Waals surface area contributed by atoms with E-state index in [0.717, 1.165) is 44.4 Å². The summed E-state index contributed by atoms with van der Waals surface area (Å²) >= 11 is 0. The molecule has 5 heteroatoms. The summed E-state index contributed by atoms with van der Waals surface area (Å²) in [5, 5.41) is 1.84. The predicted octanol–water partition coefficient (Wildman–Crippen LogP) is 9.29. The van der Waals surface area contributed by atoms with E-state index < -0.39 is 13.7 Å². The van der Waals surface area contributed by atoms with E-state index in [9.17, 15) is 0 Å². The molecule has 0 atom stereocenters. The van der Waals surface area contributed by atoms with Crippen LogP contribution in [0.25, 0.3) is 55.8 Å². The van der Waals surface area contributed by atoms with Crippen molar-refractivity contribution >= 4 is 22.1 Å². The van der Waals surface area contributed by atoms with Crippen LogP contribution in [-0.2, 0) is 20.1 Å². The van der Waals surface area contributed by atoms with E-state index in [2.05, 4.69) is 48.1 Å². The molecule has 0 amide bonds. The van der Waals surface area contributed by atoms with Crippen LogP contribution >= 0.6 is 0 Å². The van der Waals surface area contributed by atoms with Crippen LogP contribution in [0.3, 0.4) is 0 Å². The van der Waals surface area contributed by atoms with Gasteiger partial charge in [0.05, 0.1) is 11.3 Å². The number of furan rings is 1. The molecule has 4 aromatic heterocycles. The van der Waals surface area contributed by atoms with E-state index in [0.29, 0.717) is 22.6 Å². The number of rotatable bonds is 3. The molecule has 0 spiro atoms. The number of aryl methyl sites for hydroxylation is 4. The molecule has 0 aliphatic heterocycles. The third kappa shape index (κ3) is 5.94. The average Bonchev–Trinajstić information content (AvgIpc) is 3.43. The molecule has 0 fully saturated rings. The van der Waals surface area contributed by atoms with Crippen molar-refractivity contribution in [3.05, 3.63) is 138 Å². The first kappa shape index (κ1) is 22.2. The Labute approximate surface area is 268 Å². The molecule has 0 bridgehead atoms. The third-order valence-electron chi connectivity index (χ3n) is 6.80. The third-order valence-corrected chi connectivity index (χ3v) is 6.80. The first-order valence-electron chi connectivity index (χ1n) is 16.1. The molecule has 4 heterocycles. The van der Waals surface area contributed by atoms with Gasteiger partial charge in [-0.05, 0) is 73.3 Å². The van der Waals surface area contributed by atoms with E-state index in [1.54, 1.807) is 30.3 Å². The summed E-state index contributed by atoms with van der Waals surface area (Å²) in [7, 11) is 0. The molecule has 42 heavy (non-hydrogen) atoms. The Hall–Kier alpha value is -4.44. The van der Waals surface area contributed by atoms with Gasteiger partial charge in [0.25, 0.3) is 0 Å². The summed E-state index contributed by atoms with van der Waals surface area (Å²) in [5.74, 6) is 0. The maximum atomic E-state index is 7.53. The van der Waals surface area contributed by atoms with Gasteiger partial charge in [0, 0.05) is 51.7 Å². The minimum atomic E-state index is -2.19. The molecule has 0 unspecified atom stereocenters. The average molecular weight is 730 g/mol. The van der Waals surface area contributed by atoms with Crippen LogP contribution in [0.2, 0.25) is 0 Å². The predicted molar refractivity (Wildman–Crippen MR) is 166 cm³/mol. The second-order valence-corrected chi connectivity index (χ2v) is 9.65. The van der Waals surface area contributed by atoms with Crippen molar-refractivity contribution in [2.45, 2.75) is 27.6 Å². The maximum Gasteiger partial charge on any atom is 0.216 e. The van der Waals surface area contributed by atoms with Crippen LogP contribution in [0.4, 0.5) is 0 Å². The second-order valence-electron chi connectivity index (χ2n) is 9.65. The first-order chi connectivity index (χ1) is 22.4. The summed E-state index contributed by atoms with van der Waals surface area (Å²) in [6.07, 6.45) is 2.78. The molecule has 209 valence electrons. The fourth-order valence-electron chi connectivity index (χ4n) is 4.82.